The van der Waals surface area contributed by atoms with Gasteiger partial charge in [-0.1, -0.05) is 36.4 Å². The summed E-state index contributed by atoms with van der Waals surface area (Å²) < 4.78 is 11.1. The molecule has 1 aliphatic heterocycles. The van der Waals surface area contributed by atoms with Crippen molar-refractivity contribution in [3.63, 3.8) is 0 Å². The molecule has 86 valence electrons. The summed E-state index contributed by atoms with van der Waals surface area (Å²) in [6, 6.07) is 15.8. The van der Waals surface area contributed by atoms with E-state index < -0.39 is 6.41 Å². The highest BCUT2D eigenvalue weighted by molar-refractivity contribution is 5.43. The highest BCUT2D eigenvalue weighted by Crippen LogP contribution is 2.29. The lowest BCUT2D eigenvalue weighted by Gasteiger charge is -2.23. The molecular formula is C14H13NO2. The van der Waals surface area contributed by atoms with Crippen LogP contribution in [0.2, 0.25) is 0 Å². The Balaban J connectivity index is 2.09. The first-order valence-corrected chi connectivity index (χ1v) is 5.57. The maximum absolute atomic E-state index is 5.79. The first kappa shape index (κ1) is 10.2. The van der Waals surface area contributed by atoms with Crippen molar-refractivity contribution in [1.82, 2.24) is 0 Å². The van der Waals surface area contributed by atoms with Gasteiger partial charge in [-0.2, -0.15) is 0 Å². The lowest BCUT2D eigenvalue weighted by molar-refractivity contribution is 0.00857. The zero-order valence-corrected chi connectivity index (χ0v) is 9.30. The van der Waals surface area contributed by atoms with E-state index in [1.54, 1.807) is 0 Å². The maximum Gasteiger partial charge on any atom is 0.299 e. The predicted molar refractivity (Wildman–Crippen MR) is 64.9 cm³/mol. The number of ether oxygens (including phenoxy) is 2. The summed E-state index contributed by atoms with van der Waals surface area (Å²) in [6.45, 7) is 0. The van der Waals surface area contributed by atoms with E-state index in [9.17, 15) is 0 Å². The van der Waals surface area contributed by atoms with Gasteiger partial charge in [-0.25, -0.2) is 0 Å². The standard InChI is InChI=1S/C14H13NO2/c15-14-16-12-7-3-1-5-10(12)9-11-6-2-4-8-13(11)17-14/h1-8,14H,9,15H2. The highest BCUT2D eigenvalue weighted by atomic mass is 16.7. The molecule has 1 aliphatic rings. The van der Waals surface area contributed by atoms with Gasteiger partial charge in [0.15, 0.2) is 0 Å². The molecule has 0 spiro atoms. The largest absolute Gasteiger partial charge is 0.442 e. The lowest BCUT2D eigenvalue weighted by Crippen LogP contribution is -2.34. The zero-order valence-electron chi connectivity index (χ0n) is 9.30. The fourth-order valence-electron chi connectivity index (χ4n) is 2.01. The molecular weight excluding hydrogens is 214 g/mol. The third-order valence-electron chi connectivity index (χ3n) is 2.81. The topological polar surface area (TPSA) is 44.5 Å². The molecule has 0 aromatic heterocycles. The van der Waals surface area contributed by atoms with Crippen molar-refractivity contribution < 1.29 is 9.47 Å². The van der Waals surface area contributed by atoms with Crippen LogP contribution in [0.15, 0.2) is 48.5 Å². The van der Waals surface area contributed by atoms with Crippen LogP contribution in [-0.2, 0) is 6.42 Å². The first-order valence-electron chi connectivity index (χ1n) is 5.57. The molecule has 2 N–H and O–H groups in total. The maximum atomic E-state index is 5.79. The van der Waals surface area contributed by atoms with Gasteiger partial charge in [-0.05, 0) is 23.3 Å². The van der Waals surface area contributed by atoms with Crippen LogP contribution < -0.4 is 15.2 Å². The van der Waals surface area contributed by atoms with Crippen LogP contribution in [-0.4, -0.2) is 6.41 Å². The Labute approximate surface area is 99.8 Å². The number of para-hydroxylation sites is 2. The summed E-state index contributed by atoms with van der Waals surface area (Å²) in [5, 5.41) is 0. The van der Waals surface area contributed by atoms with Gasteiger partial charge >= 0.3 is 0 Å². The Kier molecular flexibility index (Phi) is 2.46. The minimum absolute atomic E-state index is 0.766. The summed E-state index contributed by atoms with van der Waals surface area (Å²) in [6.07, 6.45) is 0.0246. The van der Waals surface area contributed by atoms with Gasteiger partial charge in [-0.15, -0.1) is 0 Å². The SMILES string of the molecule is NC1Oc2ccccc2Cc2ccccc2O1. The van der Waals surface area contributed by atoms with Gasteiger partial charge in [0.05, 0.1) is 0 Å². The Morgan fingerprint density at radius 1 is 0.824 bits per heavy atom. The van der Waals surface area contributed by atoms with Gasteiger partial charge in [0, 0.05) is 6.42 Å². The van der Waals surface area contributed by atoms with Crippen LogP contribution in [0.25, 0.3) is 0 Å². The van der Waals surface area contributed by atoms with Crippen LogP contribution >= 0.6 is 0 Å². The summed E-state index contributed by atoms with van der Waals surface area (Å²) in [4.78, 5) is 0. The molecule has 0 bridgehead atoms. The van der Waals surface area contributed by atoms with Gasteiger partial charge in [0.25, 0.3) is 6.41 Å². The van der Waals surface area contributed by atoms with Crippen LogP contribution in [0.3, 0.4) is 0 Å². The highest BCUT2D eigenvalue weighted by Gasteiger charge is 2.16. The van der Waals surface area contributed by atoms with Crippen molar-refractivity contribution in [2.75, 3.05) is 0 Å². The third-order valence-corrected chi connectivity index (χ3v) is 2.81. The number of hydrogen-bond donors (Lipinski definition) is 1. The molecule has 0 atom stereocenters. The monoisotopic (exact) mass is 227 g/mol. The van der Waals surface area contributed by atoms with E-state index in [2.05, 4.69) is 0 Å². The quantitative estimate of drug-likeness (QED) is 0.751. The Hall–Kier alpha value is -2.00. The van der Waals surface area contributed by atoms with Crippen LogP contribution in [0, 0.1) is 0 Å². The summed E-state index contributed by atoms with van der Waals surface area (Å²) in [7, 11) is 0. The summed E-state index contributed by atoms with van der Waals surface area (Å²) in [5.41, 5.74) is 8.04. The van der Waals surface area contributed by atoms with Crippen LogP contribution in [0.5, 0.6) is 11.5 Å². The smallest absolute Gasteiger partial charge is 0.299 e. The number of nitrogens with two attached hydrogens (primary N) is 1. The molecule has 0 fully saturated rings. The second kappa shape index (κ2) is 4.11. The second-order valence-electron chi connectivity index (χ2n) is 4.00. The third kappa shape index (κ3) is 1.97. The van der Waals surface area contributed by atoms with Crippen molar-refractivity contribution in [1.29, 1.82) is 0 Å². The van der Waals surface area contributed by atoms with E-state index in [0.29, 0.717) is 0 Å². The average molecular weight is 227 g/mol. The molecule has 0 unspecified atom stereocenters. The number of fused-ring (bicyclic) bond motifs is 2. The van der Waals surface area contributed by atoms with E-state index in [0.717, 1.165) is 29.0 Å². The Bertz CT molecular complexity index is 492. The number of benzene rings is 2. The Morgan fingerprint density at radius 3 is 1.82 bits per heavy atom. The van der Waals surface area contributed by atoms with Crippen molar-refractivity contribution in [3.05, 3.63) is 59.7 Å². The van der Waals surface area contributed by atoms with E-state index in [1.165, 1.54) is 0 Å². The second-order valence-corrected chi connectivity index (χ2v) is 4.00. The van der Waals surface area contributed by atoms with Crippen molar-refractivity contribution >= 4 is 0 Å². The molecule has 1 heterocycles. The van der Waals surface area contributed by atoms with Gasteiger partial charge in [-0.3, -0.25) is 5.73 Å². The van der Waals surface area contributed by atoms with E-state index >= 15 is 0 Å². The minimum Gasteiger partial charge on any atom is -0.442 e. The predicted octanol–water partition coefficient (Wildman–Crippen LogP) is 2.29. The van der Waals surface area contributed by atoms with Crippen molar-refractivity contribution in [2.24, 2.45) is 5.73 Å². The van der Waals surface area contributed by atoms with Crippen LogP contribution in [0.4, 0.5) is 0 Å². The van der Waals surface area contributed by atoms with Crippen molar-refractivity contribution in [3.8, 4) is 11.5 Å². The van der Waals surface area contributed by atoms with E-state index in [-0.39, 0.29) is 0 Å². The van der Waals surface area contributed by atoms with Crippen molar-refractivity contribution in [2.45, 2.75) is 12.8 Å². The number of rotatable bonds is 0. The fraction of sp³-hybridized carbons (Fsp3) is 0.143. The molecule has 0 saturated carbocycles. The molecule has 0 radical (unpaired) electrons. The summed E-state index contributed by atoms with van der Waals surface area (Å²) >= 11 is 0. The fourth-order valence-corrected chi connectivity index (χ4v) is 2.01. The van der Waals surface area contributed by atoms with Gasteiger partial charge in [0.1, 0.15) is 11.5 Å². The summed E-state index contributed by atoms with van der Waals surface area (Å²) in [5.74, 6) is 1.57. The number of hydrogen-bond acceptors (Lipinski definition) is 3. The average Bonchev–Trinajstić information content (AvgIpc) is 2.31. The Morgan fingerprint density at radius 2 is 1.29 bits per heavy atom. The zero-order chi connectivity index (χ0) is 11.7. The molecule has 2 aromatic carbocycles. The van der Waals surface area contributed by atoms with E-state index in [4.69, 9.17) is 15.2 Å². The molecule has 17 heavy (non-hydrogen) atoms. The lowest BCUT2D eigenvalue weighted by atomic mass is 10.0. The molecule has 3 nitrogen and oxygen atoms in total. The molecule has 3 rings (SSSR count). The molecule has 3 heteroatoms. The minimum atomic E-state index is -0.766. The molecule has 0 aliphatic carbocycles. The van der Waals surface area contributed by atoms with E-state index in [1.807, 2.05) is 48.5 Å². The first-order chi connectivity index (χ1) is 8.33. The van der Waals surface area contributed by atoms with Gasteiger partial charge in [0.2, 0.25) is 0 Å². The van der Waals surface area contributed by atoms with Gasteiger partial charge < -0.3 is 9.47 Å². The molecule has 0 amide bonds. The normalized spacial score (nSPS) is 14.6. The van der Waals surface area contributed by atoms with Crippen LogP contribution in [0.1, 0.15) is 11.1 Å². The molecule has 2 aromatic rings. The molecule has 0 saturated heterocycles.